The summed E-state index contributed by atoms with van der Waals surface area (Å²) in [7, 11) is 0. The highest BCUT2D eigenvalue weighted by atomic mass is 17.2. The summed E-state index contributed by atoms with van der Waals surface area (Å²) < 4.78 is 21.8. The number of hydrogen-bond donors (Lipinski definition) is 0. The maximum Gasteiger partial charge on any atom is 0.387 e. The molecule has 0 aliphatic carbocycles. The third-order valence-electron chi connectivity index (χ3n) is 11.5. The first-order valence-electron chi connectivity index (χ1n) is 25.0. The Hall–Kier alpha value is -6.06. The molecule has 16 heteroatoms. The summed E-state index contributed by atoms with van der Waals surface area (Å²) >= 11 is 0. The minimum absolute atomic E-state index is 0.0324. The average Bonchev–Trinajstić information content (AvgIpc) is 3.32. The van der Waals surface area contributed by atoms with Crippen LogP contribution >= 0.6 is 0 Å². The highest BCUT2D eigenvalue weighted by Gasteiger charge is 2.37. The summed E-state index contributed by atoms with van der Waals surface area (Å²) in [5.41, 5.74) is -2.90. The van der Waals surface area contributed by atoms with E-state index in [-0.39, 0.29) is 36.8 Å². The molecule has 2 aromatic rings. The molecule has 2 aromatic carbocycles. The molecule has 0 aliphatic rings. The zero-order valence-corrected chi connectivity index (χ0v) is 42.4. The van der Waals surface area contributed by atoms with Crippen LogP contribution in [0.5, 0.6) is 0 Å². The quantitative estimate of drug-likeness (QED) is 0.0159. The fourth-order valence-corrected chi connectivity index (χ4v) is 8.02. The smallest absolute Gasteiger partial charge is 0.387 e. The van der Waals surface area contributed by atoms with Crippen molar-refractivity contribution in [1.29, 1.82) is 0 Å². The molecule has 0 saturated heterocycles. The zero-order chi connectivity index (χ0) is 52.2. The highest BCUT2D eigenvalue weighted by molar-refractivity contribution is 6.18. The van der Waals surface area contributed by atoms with Crippen LogP contribution in [0.1, 0.15) is 246 Å². The van der Waals surface area contributed by atoms with Gasteiger partial charge in [0.2, 0.25) is 23.1 Å². The molecule has 0 amide bonds. The van der Waals surface area contributed by atoms with Gasteiger partial charge in [-0.1, -0.05) is 129 Å². The van der Waals surface area contributed by atoms with Crippen LogP contribution in [0, 0.1) is 0 Å². The molecule has 4 unspecified atom stereocenters. The standard InChI is InChI=1S/C54H74O16/c1-9-13-17-21-31-43(65-35(5)55)49(59)39-27-25-29-41(47(39)51(61)45(67-37(7)57)33-23-19-15-11-3)53(63)69-70-54(64)42-30-26-28-40(50(60)44(66-36(6)56)32-22-18-14-10-2)48(42)52(62)46(68-38(8)58)34-24-20-16-12-4/h25-30,43-46H,9-24,31-34H2,1-8H3. The number of ether oxygens (including phenoxy) is 4. The van der Waals surface area contributed by atoms with Crippen molar-refractivity contribution in [2.75, 3.05) is 0 Å². The summed E-state index contributed by atoms with van der Waals surface area (Å²) in [6.07, 6.45) is 6.16. The number of rotatable bonds is 34. The largest absolute Gasteiger partial charge is 0.454 e. The van der Waals surface area contributed by atoms with Gasteiger partial charge in [-0.3, -0.25) is 38.4 Å². The average molecular weight is 979 g/mol. The number of Topliss-reactive ketones (excluding diaryl/α,β-unsaturated/α-hetero) is 4. The molecule has 0 bridgehead atoms. The third kappa shape index (κ3) is 20.1. The number of carbonyl (C=O) groups excluding carboxylic acids is 10. The van der Waals surface area contributed by atoms with Crippen LogP contribution in [-0.2, 0) is 47.9 Å². The van der Waals surface area contributed by atoms with Gasteiger partial charge in [0.15, 0.2) is 24.4 Å². The minimum atomic E-state index is -1.46. The Bertz CT molecular complexity index is 1960. The molecule has 2 rings (SSSR count). The lowest BCUT2D eigenvalue weighted by Crippen LogP contribution is -2.33. The fraction of sp³-hybridized carbons (Fsp3) is 0.593. The molecule has 0 heterocycles. The maximum atomic E-state index is 14.6. The number of ketones is 4. The minimum Gasteiger partial charge on any atom is -0.454 e. The lowest BCUT2D eigenvalue weighted by Gasteiger charge is -2.22. The van der Waals surface area contributed by atoms with Crippen molar-refractivity contribution in [3.63, 3.8) is 0 Å². The molecule has 386 valence electrons. The Morgan fingerprint density at radius 1 is 0.343 bits per heavy atom. The molecule has 0 aliphatic heterocycles. The van der Waals surface area contributed by atoms with E-state index in [9.17, 15) is 47.9 Å². The molecule has 0 saturated carbocycles. The van der Waals surface area contributed by atoms with Crippen LogP contribution in [0.15, 0.2) is 36.4 Å². The van der Waals surface area contributed by atoms with E-state index in [1.54, 1.807) is 0 Å². The molecule has 0 aromatic heterocycles. The Balaban J connectivity index is 2.82. The number of unbranched alkanes of at least 4 members (excludes halogenated alkanes) is 12. The van der Waals surface area contributed by atoms with Crippen molar-refractivity contribution in [3.05, 3.63) is 69.8 Å². The van der Waals surface area contributed by atoms with Gasteiger partial charge >= 0.3 is 35.8 Å². The first-order chi connectivity index (χ1) is 33.4. The second-order valence-corrected chi connectivity index (χ2v) is 17.4. The van der Waals surface area contributed by atoms with E-state index in [1.165, 1.54) is 24.3 Å². The highest BCUT2D eigenvalue weighted by Crippen LogP contribution is 2.28. The maximum absolute atomic E-state index is 14.6. The van der Waals surface area contributed by atoms with E-state index in [1.807, 2.05) is 27.7 Å². The fourth-order valence-electron chi connectivity index (χ4n) is 8.02. The Morgan fingerprint density at radius 2 is 0.586 bits per heavy atom. The molecular formula is C54H74O16. The van der Waals surface area contributed by atoms with Gasteiger partial charge in [-0.15, -0.1) is 0 Å². The van der Waals surface area contributed by atoms with Gasteiger partial charge in [0.05, 0.1) is 11.1 Å². The van der Waals surface area contributed by atoms with Gasteiger partial charge in [0, 0.05) is 49.9 Å². The lowest BCUT2D eigenvalue weighted by atomic mass is 9.88. The van der Waals surface area contributed by atoms with Crippen LogP contribution in [0.4, 0.5) is 0 Å². The van der Waals surface area contributed by atoms with Crippen LogP contribution < -0.4 is 0 Å². The Morgan fingerprint density at radius 3 is 0.829 bits per heavy atom. The monoisotopic (exact) mass is 978 g/mol. The molecular weight excluding hydrogens is 905 g/mol. The molecule has 70 heavy (non-hydrogen) atoms. The van der Waals surface area contributed by atoms with E-state index >= 15 is 0 Å². The van der Waals surface area contributed by atoms with Crippen LogP contribution in [-0.4, -0.2) is 83.4 Å². The van der Waals surface area contributed by atoms with E-state index in [4.69, 9.17) is 28.7 Å². The van der Waals surface area contributed by atoms with Gasteiger partial charge in [-0.2, -0.15) is 0 Å². The van der Waals surface area contributed by atoms with Crippen LogP contribution in [0.25, 0.3) is 0 Å². The Kier molecular flexibility index (Phi) is 28.1. The molecule has 4 atom stereocenters. The van der Waals surface area contributed by atoms with Gasteiger partial charge in [0.1, 0.15) is 0 Å². The van der Waals surface area contributed by atoms with E-state index in [0.29, 0.717) is 38.5 Å². The van der Waals surface area contributed by atoms with Crippen LogP contribution in [0.2, 0.25) is 0 Å². The molecule has 0 radical (unpaired) electrons. The van der Waals surface area contributed by atoms with E-state index < -0.39 is 106 Å². The zero-order valence-electron chi connectivity index (χ0n) is 42.4. The van der Waals surface area contributed by atoms with Crippen molar-refractivity contribution in [2.24, 2.45) is 0 Å². The van der Waals surface area contributed by atoms with Crippen molar-refractivity contribution in [1.82, 2.24) is 0 Å². The summed E-state index contributed by atoms with van der Waals surface area (Å²) in [5.74, 6) is -9.53. The summed E-state index contributed by atoms with van der Waals surface area (Å²) in [4.78, 5) is 146. The van der Waals surface area contributed by atoms with Gasteiger partial charge < -0.3 is 18.9 Å². The molecule has 0 fully saturated rings. The first kappa shape index (κ1) is 60.1. The first-order valence-corrected chi connectivity index (χ1v) is 25.0. The van der Waals surface area contributed by atoms with E-state index in [0.717, 1.165) is 104 Å². The van der Waals surface area contributed by atoms with Crippen LogP contribution in [0.3, 0.4) is 0 Å². The topological polar surface area (TPSA) is 226 Å². The normalized spacial score (nSPS) is 12.6. The van der Waals surface area contributed by atoms with Crippen molar-refractivity contribution in [2.45, 2.75) is 208 Å². The van der Waals surface area contributed by atoms with Crippen molar-refractivity contribution in [3.8, 4) is 0 Å². The number of esters is 4. The van der Waals surface area contributed by atoms with Gasteiger partial charge in [-0.05, 0) is 63.5 Å². The van der Waals surface area contributed by atoms with Gasteiger partial charge in [0.25, 0.3) is 0 Å². The summed E-state index contributed by atoms with van der Waals surface area (Å²) in [6, 6.07) is 7.34. The second kappa shape index (κ2) is 32.7. The van der Waals surface area contributed by atoms with Crippen molar-refractivity contribution < 1.29 is 76.7 Å². The Labute approximate surface area is 412 Å². The van der Waals surface area contributed by atoms with Crippen molar-refractivity contribution >= 4 is 58.9 Å². The molecule has 0 spiro atoms. The second-order valence-electron chi connectivity index (χ2n) is 17.4. The molecule has 0 N–H and O–H groups in total. The lowest BCUT2D eigenvalue weighted by molar-refractivity contribution is -0.187. The summed E-state index contributed by atoms with van der Waals surface area (Å²) in [5, 5.41) is 0. The number of carbonyl (C=O) groups is 10. The third-order valence-corrected chi connectivity index (χ3v) is 11.5. The summed E-state index contributed by atoms with van der Waals surface area (Å²) in [6.45, 7) is 12.5. The van der Waals surface area contributed by atoms with Gasteiger partial charge in [-0.25, -0.2) is 19.4 Å². The number of hydrogen-bond acceptors (Lipinski definition) is 16. The number of benzene rings is 2. The molecule has 16 nitrogen and oxygen atoms in total. The van der Waals surface area contributed by atoms with E-state index in [2.05, 4.69) is 0 Å². The SMILES string of the molecule is CCCCCCC(OC(C)=O)C(=O)c1cccc(C(=O)OOC(=O)c2cccc(C(=O)C(CCCCCC)OC(C)=O)c2C(=O)C(CCCCCC)OC(C)=O)c1C(=O)C(CCCCCC)OC(C)=O. The predicted molar refractivity (Wildman–Crippen MR) is 258 cm³/mol. The predicted octanol–water partition coefficient (Wildman–Crippen LogP) is 11.0.